The number of hydrogen-bond acceptors (Lipinski definition) is 0. The smallest absolute Gasteiger partial charge is 0.0754 e. The maximum atomic E-state index is 3.89. The lowest BCUT2D eigenvalue weighted by atomic mass is 9.65. The highest BCUT2D eigenvalue weighted by molar-refractivity contribution is 9.10. The van der Waals surface area contributed by atoms with Crippen molar-refractivity contribution in [2.45, 2.75) is 5.41 Å². The molecule has 11 rings (SSSR count). The first-order chi connectivity index (χ1) is 22.8. The molecule has 46 heavy (non-hydrogen) atoms. The first kappa shape index (κ1) is 24.9. The molecule has 0 saturated heterocycles. The highest BCUT2D eigenvalue weighted by atomic mass is 79.9. The third kappa shape index (κ3) is 2.80. The van der Waals surface area contributed by atoms with Crippen LogP contribution >= 0.6 is 15.9 Å². The molecule has 1 aliphatic carbocycles. The van der Waals surface area contributed by atoms with Gasteiger partial charge in [0.05, 0.1) is 33.2 Å². The molecule has 1 aliphatic heterocycles. The van der Waals surface area contributed by atoms with Crippen molar-refractivity contribution in [1.82, 2.24) is 9.13 Å². The van der Waals surface area contributed by atoms with E-state index in [9.17, 15) is 0 Å². The third-order valence-electron chi connectivity index (χ3n) is 10.6. The standard InChI is InChI=1S/C43H25BrN2/c44-26-21-23-38-36(25-26)43(33-17-7-4-13-28(33)29-14-5-8-18-34(29)43)35-19-10-16-32-40-39(46(38)41(32)35)24-22-31-30-15-6-9-20-37(30)45(42(31)40)27-11-2-1-3-12-27/h1-25H. The fraction of sp³-hybridized carbons (Fsp3) is 0.0233. The number of aromatic nitrogens is 2. The summed E-state index contributed by atoms with van der Waals surface area (Å²) in [6.07, 6.45) is 0. The first-order valence-corrected chi connectivity index (χ1v) is 16.6. The molecule has 2 aliphatic rings. The van der Waals surface area contributed by atoms with Crippen LogP contribution in [0.2, 0.25) is 0 Å². The minimum absolute atomic E-state index is 0.443. The number of rotatable bonds is 1. The highest BCUT2D eigenvalue weighted by Crippen LogP contribution is 2.61. The lowest BCUT2D eigenvalue weighted by molar-refractivity contribution is 0.748. The molecule has 3 heterocycles. The number of nitrogens with zero attached hydrogens (tertiary/aromatic N) is 2. The van der Waals surface area contributed by atoms with Crippen molar-refractivity contribution in [2.24, 2.45) is 0 Å². The summed E-state index contributed by atoms with van der Waals surface area (Å²) >= 11 is 3.89. The number of benzene rings is 7. The van der Waals surface area contributed by atoms with E-state index in [0.717, 1.165) is 4.47 Å². The zero-order valence-electron chi connectivity index (χ0n) is 24.7. The summed E-state index contributed by atoms with van der Waals surface area (Å²) < 4.78 is 6.11. The molecule has 7 aromatic carbocycles. The molecule has 0 fully saturated rings. The van der Waals surface area contributed by atoms with E-state index in [1.165, 1.54) is 88.4 Å². The average Bonchev–Trinajstić information content (AvgIpc) is 3.73. The predicted molar refractivity (Wildman–Crippen MR) is 194 cm³/mol. The van der Waals surface area contributed by atoms with Crippen LogP contribution in [0.1, 0.15) is 22.3 Å². The summed E-state index contributed by atoms with van der Waals surface area (Å²) in [6, 6.07) is 56.3. The lowest BCUT2D eigenvalue weighted by Crippen LogP contribution is -2.33. The fourth-order valence-electron chi connectivity index (χ4n) is 8.97. The van der Waals surface area contributed by atoms with Gasteiger partial charge in [0.1, 0.15) is 0 Å². The molecular formula is C43H25BrN2. The van der Waals surface area contributed by atoms with E-state index in [4.69, 9.17) is 0 Å². The molecule has 0 unspecified atom stereocenters. The zero-order valence-corrected chi connectivity index (χ0v) is 26.3. The summed E-state index contributed by atoms with van der Waals surface area (Å²) in [5, 5.41) is 5.13. The van der Waals surface area contributed by atoms with Gasteiger partial charge in [-0.1, -0.05) is 125 Å². The molecule has 0 saturated carbocycles. The van der Waals surface area contributed by atoms with Gasteiger partial charge in [-0.05, 0) is 75.8 Å². The molecule has 0 bridgehead atoms. The van der Waals surface area contributed by atoms with Crippen LogP contribution in [-0.4, -0.2) is 9.13 Å². The Morgan fingerprint density at radius 3 is 1.91 bits per heavy atom. The molecule has 214 valence electrons. The quantitative estimate of drug-likeness (QED) is 0.168. The van der Waals surface area contributed by atoms with Crippen LogP contribution in [0.15, 0.2) is 156 Å². The van der Waals surface area contributed by atoms with Crippen LogP contribution in [0.3, 0.4) is 0 Å². The van der Waals surface area contributed by atoms with Crippen molar-refractivity contribution in [3.63, 3.8) is 0 Å². The summed E-state index contributed by atoms with van der Waals surface area (Å²) in [7, 11) is 0. The van der Waals surface area contributed by atoms with Crippen LogP contribution in [0.25, 0.3) is 66.1 Å². The van der Waals surface area contributed by atoms with Crippen LogP contribution in [0.4, 0.5) is 0 Å². The Kier molecular flexibility index (Phi) is 4.68. The van der Waals surface area contributed by atoms with E-state index >= 15 is 0 Å². The van der Waals surface area contributed by atoms with Gasteiger partial charge < -0.3 is 9.13 Å². The van der Waals surface area contributed by atoms with E-state index in [2.05, 4.69) is 177 Å². The van der Waals surface area contributed by atoms with Gasteiger partial charge in [0.25, 0.3) is 0 Å². The van der Waals surface area contributed by atoms with E-state index in [0.29, 0.717) is 0 Å². The van der Waals surface area contributed by atoms with E-state index in [1.807, 2.05) is 0 Å². The van der Waals surface area contributed by atoms with Crippen LogP contribution in [0.5, 0.6) is 0 Å². The van der Waals surface area contributed by atoms with Crippen molar-refractivity contribution < 1.29 is 0 Å². The van der Waals surface area contributed by atoms with E-state index in [-0.39, 0.29) is 0 Å². The van der Waals surface area contributed by atoms with Crippen molar-refractivity contribution >= 4 is 59.5 Å². The molecule has 0 amide bonds. The molecule has 2 nitrogen and oxygen atoms in total. The maximum absolute atomic E-state index is 3.89. The normalized spacial score (nSPS) is 13.9. The topological polar surface area (TPSA) is 9.86 Å². The van der Waals surface area contributed by atoms with Gasteiger partial charge in [-0.2, -0.15) is 0 Å². The molecular weight excluding hydrogens is 624 g/mol. The molecule has 9 aromatic rings. The second kappa shape index (κ2) is 8.66. The van der Waals surface area contributed by atoms with Gasteiger partial charge in [0.15, 0.2) is 0 Å². The Bertz CT molecular complexity index is 2720. The molecule has 3 heteroatoms. The molecule has 0 N–H and O–H groups in total. The second-order valence-corrected chi connectivity index (χ2v) is 13.5. The van der Waals surface area contributed by atoms with Crippen molar-refractivity contribution in [1.29, 1.82) is 0 Å². The Labute approximate surface area is 273 Å². The molecule has 1 spiro atoms. The Balaban J connectivity index is 1.41. The summed E-state index contributed by atoms with van der Waals surface area (Å²) in [5.74, 6) is 0. The van der Waals surface area contributed by atoms with Crippen LogP contribution in [0, 0.1) is 0 Å². The monoisotopic (exact) mass is 648 g/mol. The highest BCUT2D eigenvalue weighted by Gasteiger charge is 2.50. The minimum atomic E-state index is -0.443. The fourth-order valence-corrected chi connectivity index (χ4v) is 9.33. The third-order valence-corrected chi connectivity index (χ3v) is 11.1. The maximum Gasteiger partial charge on any atom is 0.0754 e. The Hall–Kier alpha value is -5.38. The van der Waals surface area contributed by atoms with Gasteiger partial charge >= 0.3 is 0 Å². The molecule has 0 atom stereocenters. The Morgan fingerprint density at radius 1 is 0.435 bits per heavy atom. The molecule has 2 aromatic heterocycles. The predicted octanol–water partition coefficient (Wildman–Crippen LogP) is 11.3. The van der Waals surface area contributed by atoms with Crippen LogP contribution in [-0.2, 0) is 5.41 Å². The number of hydrogen-bond donors (Lipinski definition) is 0. The summed E-state index contributed by atoms with van der Waals surface area (Å²) in [4.78, 5) is 0. The van der Waals surface area contributed by atoms with Gasteiger partial charge in [-0.25, -0.2) is 0 Å². The summed E-state index contributed by atoms with van der Waals surface area (Å²) in [5.41, 5.74) is 14.9. The van der Waals surface area contributed by atoms with Crippen molar-refractivity contribution in [3.05, 3.63) is 178 Å². The van der Waals surface area contributed by atoms with Gasteiger partial charge in [0, 0.05) is 31.7 Å². The summed E-state index contributed by atoms with van der Waals surface area (Å²) in [6.45, 7) is 0. The van der Waals surface area contributed by atoms with Crippen molar-refractivity contribution in [2.75, 3.05) is 0 Å². The lowest BCUT2D eigenvalue weighted by Gasteiger charge is -2.39. The average molecular weight is 650 g/mol. The second-order valence-electron chi connectivity index (χ2n) is 12.6. The molecule has 0 radical (unpaired) electrons. The first-order valence-electron chi connectivity index (χ1n) is 15.8. The Morgan fingerprint density at radius 2 is 1.11 bits per heavy atom. The number of para-hydroxylation sites is 3. The number of fused-ring (bicyclic) bond motifs is 16. The van der Waals surface area contributed by atoms with Crippen molar-refractivity contribution in [3.8, 4) is 22.5 Å². The van der Waals surface area contributed by atoms with Crippen LogP contribution < -0.4 is 0 Å². The SMILES string of the molecule is Brc1ccc2c(c1)C1(c3ccccc3-c3ccccc31)c1cccc3c4c(ccc5c6ccccc6n(-c6ccccc6)c54)n-2c13. The largest absolute Gasteiger partial charge is 0.309 e. The van der Waals surface area contributed by atoms with Gasteiger partial charge in [-0.15, -0.1) is 0 Å². The van der Waals surface area contributed by atoms with E-state index < -0.39 is 5.41 Å². The zero-order chi connectivity index (χ0) is 30.1. The van der Waals surface area contributed by atoms with Gasteiger partial charge in [-0.3, -0.25) is 0 Å². The van der Waals surface area contributed by atoms with E-state index in [1.54, 1.807) is 0 Å². The number of halogens is 1. The van der Waals surface area contributed by atoms with Gasteiger partial charge in [0.2, 0.25) is 0 Å². The minimum Gasteiger partial charge on any atom is -0.309 e.